The summed E-state index contributed by atoms with van der Waals surface area (Å²) in [5.74, 6) is -1.13. The maximum absolute atomic E-state index is 13.5. The van der Waals surface area contributed by atoms with E-state index >= 15 is 0 Å². The van der Waals surface area contributed by atoms with E-state index in [0.717, 1.165) is 6.08 Å². The number of nitrogens with one attached hydrogen (secondary N) is 2. The molecule has 136 valence electrons. The fourth-order valence-electron chi connectivity index (χ4n) is 2.01. The van der Waals surface area contributed by atoms with Crippen molar-refractivity contribution < 1.29 is 28.7 Å². The number of hydrogen-bond acceptors (Lipinski definition) is 5. The van der Waals surface area contributed by atoms with Gasteiger partial charge in [0.1, 0.15) is 5.82 Å². The van der Waals surface area contributed by atoms with Gasteiger partial charge in [-0.05, 0) is 35.9 Å². The molecule has 0 aliphatic rings. The number of ether oxygens (including phenoxy) is 2. The summed E-state index contributed by atoms with van der Waals surface area (Å²) in [5.41, 5.74) is 2.11. The molecule has 0 saturated carbocycles. The van der Waals surface area contributed by atoms with Gasteiger partial charge >= 0.3 is 0 Å². The summed E-state index contributed by atoms with van der Waals surface area (Å²) in [6, 6.07) is 10.6. The highest BCUT2D eigenvalue weighted by atomic mass is 19.1. The Labute approximate surface area is 149 Å². The molecule has 0 unspecified atom stereocenters. The molecule has 2 amide bonds. The van der Waals surface area contributed by atoms with Crippen LogP contribution in [0.3, 0.4) is 0 Å². The van der Waals surface area contributed by atoms with Gasteiger partial charge in [-0.1, -0.05) is 18.2 Å². The van der Waals surface area contributed by atoms with Crippen LogP contribution in [0.15, 0.2) is 48.5 Å². The first-order valence-corrected chi connectivity index (χ1v) is 7.51. The third-order valence-corrected chi connectivity index (χ3v) is 3.23. The Balaban J connectivity index is 2.05. The van der Waals surface area contributed by atoms with E-state index in [9.17, 15) is 14.0 Å². The first kappa shape index (κ1) is 18.9. The van der Waals surface area contributed by atoms with Crippen molar-refractivity contribution in [3.63, 3.8) is 0 Å². The zero-order valence-corrected chi connectivity index (χ0v) is 13.9. The lowest BCUT2D eigenvalue weighted by molar-refractivity contribution is -0.124. The third kappa shape index (κ3) is 5.32. The van der Waals surface area contributed by atoms with Gasteiger partial charge in [-0.15, -0.1) is 0 Å². The molecule has 7 nitrogen and oxygen atoms in total. The number of hydroxylamine groups is 1. The highest BCUT2D eigenvalue weighted by molar-refractivity contribution is 5.92. The zero-order valence-electron chi connectivity index (χ0n) is 13.9. The van der Waals surface area contributed by atoms with Gasteiger partial charge in [-0.25, -0.2) is 9.87 Å². The molecule has 0 aliphatic heterocycles. The predicted molar refractivity (Wildman–Crippen MR) is 92.5 cm³/mol. The Bertz CT molecular complexity index is 823. The minimum Gasteiger partial charge on any atom is -0.493 e. The van der Waals surface area contributed by atoms with Gasteiger partial charge in [-0.3, -0.25) is 14.8 Å². The number of methoxy groups -OCH3 is 1. The van der Waals surface area contributed by atoms with Gasteiger partial charge in [-0.2, -0.15) is 0 Å². The van der Waals surface area contributed by atoms with Crippen LogP contribution in [-0.2, 0) is 9.59 Å². The average Bonchev–Trinajstić information content (AvgIpc) is 2.66. The van der Waals surface area contributed by atoms with Gasteiger partial charge in [0.25, 0.3) is 11.8 Å². The van der Waals surface area contributed by atoms with Gasteiger partial charge in [0.05, 0.1) is 12.8 Å². The lowest BCUT2D eigenvalue weighted by Crippen LogP contribution is -2.21. The van der Waals surface area contributed by atoms with Gasteiger partial charge < -0.3 is 14.8 Å². The monoisotopic (exact) mass is 360 g/mol. The van der Waals surface area contributed by atoms with Crippen LogP contribution in [0.2, 0.25) is 0 Å². The Morgan fingerprint density at radius 3 is 2.65 bits per heavy atom. The minimum absolute atomic E-state index is 0.0553. The number of anilines is 1. The topological polar surface area (TPSA) is 96.9 Å². The molecule has 0 radical (unpaired) electrons. The quantitative estimate of drug-likeness (QED) is 0.400. The fourth-order valence-corrected chi connectivity index (χ4v) is 2.01. The van der Waals surface area contributed by atoms with Crippen LogP contribution in [-0.4, -0.2) is 30.7 Å². The Morgan fingerprint density at radius 1 is 1.19 bits per heavy atom. The molecule has 26 heavy (non-hydrogen) atoms. The molecule has 0 spiro atoms. The van der Waals surface area contributed by atoms with Crippen molar-refractivity contribution >= 4 is 23.6 Å². The summed E-state index contributed by atoms with van der Waals surface area (Å²) in [4.78, 5) is 23.0. The highest BCUT2D eigenvalue weighted by Gasteiger charge is 2.10. The molecule has 0 fully saturated rings. The van der Waals surface area contributed by atoms with Crippen LogP contribution in [0.1, 0.15) is 5.56 Å². The second-order valence-electron chi connectivity index (χ2n) is 5.04. The summed E-state index contributed by atoms with van der Waals surface area (Å²) in [6.45, 7) is -0.366. The van der Waals surface area contributed by atoms with Crippen LogP contribution in [0.4, 0.5) is 10.1 Å². The van der Waals surface area contributed by atoms with E-state index in [1.807, 2.05) is 0 Å². The average molecular weight is 360 g/mol. The summed E-state index contributed by atoms with van der Waals surface area (Å²) >= 11 is 0. The van der Waals surface area contributed by atoms with Gasteiger partial charge in [0, 0.05) is 6.08 Å². The van der Waals surface area contributed by atoms with E-state index in [-0.39, 0.29) is 18.0 Å². The Kier molecular flexibility index (Phi) is 6.69. The van der Waals surface area contributed by atoms with Crippen LogP contribution < -0.4 is 20.3 Å². The highest BCUT2D eigenvalue weighted by Crippen LogP contribution is 2.28. The molecular formula is C18H17FN2O5. The summed E-state index contributed by atoms with van der Waals surface area (Å²) < 4.78 is 24.1. The van der Waals surface area contributed by atoms with Crippen molar-refractivity contribution in [2.24, 2.45) is 0 Å². The molecule has 2 rings (SSSR count). The van der Waals surface area contributed by atoms with Crippen LogP contribution >= 0.6 is 0 Å². The molecule has 0 bridgehead atoms. The molecule has 0 aliphatic carbocycles. The van der Waals surface area contributed by atoms with Crippen molar-refractivity contribution in [2.45, 2.75) is 0 Å². The Hall–Kier alpha value is -3.39. The second kappa shape index (κ2) is 9.19. The van der Waals surface area contributed by atoms with E-state index in [2.05, 4.69) is 5.32 Å². The number of carbonyl (C=O) groups excluding carboxylic acids is 2. The molecule has 0 heterocycles. The fraction of sp³-hybridized carbons (Fsp3) is 0.111. The van der Waals surface area contributed by atoms with Crippen molar-refractivity contribution in [3.05, 3.63) is 59.9 Å². The number of para-hydroxylation sites is 1. The summed E-state index contributed by atoms with van der Waals surface area (Å²) in [5, 5.41) is 10.9. The van der Waals surface area contributed by atoms with Crippen LogP contribution in [0.25, 0.3) is 6.08 Å². The summed E-state index contributed by atoms with van der Waals surface area (Å²) in [6.07, 6.45) is 2.56. The lowest BCUT2D eigenvalue weighted by atomic mass is 10.2. The normalized spacial score (nSPS) is 10.4. The molecule has 0 aromatic heterocycles. The van der Waals surface area contributed by atoms with E-state index in [1.54, 1.807) is 24.3 Å². The molecular weight excluding hydrogens is 343 g/mol. The molecule has 0 saturated heterocycles. The van der Waals surface area contributed by atoms with Crippen molar-refractivity contribution in [2.75, 3.05) is 19.0 Å². The zero-order chi connectivity index (χ0) is 18.9. The largest absolute Gasteiger partial charge is 0.493 e. The van der Waals surface area contributed by atoms with E-state index < -0.39 is 17.6 Å². The van der Waals surface area contributed by atoms with E-state index in [0.29, 0.717) is 11.3 Å². The maximum atomic E-state index is 13.5. The lowest BCUT2D eigenvalue weighted by Gasteiger charge is -2.12. The van der Waals surface area contributed by atoms with Gasteiger partial charge in [0.2, 0.25) is 0 Å². The molecule has 0 atom stereocenters. The first-order valence-electron chi connectivity index (χ1n) is 7.51. The third-order valence-electron chi connectivity index (χ3n) is 3.23. The van der Waals surface area contributed by atoms with Crippen LogP contribution in [0, 0.1) is 5.82 Å². The van der Waals surface area contributed by atoms with Crippen LogP contribution in [0.5, 0.6) is 11.5 Å². The van der Waals surface area contributed by atoms with Crippen molar-refractivity contribution in [3.8, 4) is 11.5 Å². The number of benzene rings is 2. The van der Waals surface area contributed by atoms with Gasteiger partial charge in [0.15, 0.2) is 18.1 Å². The molecule has 3 N–H and O–H groups in total. The second-order valence-corrected chi connectivity index (χ2v) is 5.04. The SMILES string of the molecule is COc1ccc(/C=C/C(=O)NO)cc1OCC(=O)Nc1ccccc1F. The Morgan fingerprint density at radius 2 is 1.96 bits per heavy atom. The maximum Gasteiger partial charge on any atom is 0.267 e. The number of hydrogen-bond donors (Lipinski definition) is 3. The predicted octanol–water partition coefficient (Wildman–Crippen LogP) is 2.37. The smallest absolute Gasteiger partial charge is 0.267 e. The standard InChI is InChI=1S/C18H17FN2O5/c1-25-15-8-6-12(7-9-17(22)21-24)10-16(15)26-11-18(23)20-14-5-3-2-4-13(14)19/h2-10,24H,11H2,1H3,(H,20,23)(H,21,22)/b9-7+. The molecule has 8 heteroatoms. The number of carbonyl (C=O) groups is 2. The first-order chi connectivity index (χ1) is 12.5. The van der Waals surface area contributed by atoms with Crippen molar-refractivity contribution in [1.29, 1.82) is 0 Å². The number of halogens is 1. The van der Waals surface area contributed by atoms with E-state index in [4.69, 9.17) is 14.7 Å². The molecule has 2 aromatic carbocycles. The van der Waals surface area contributed by atoms with Crippen molar-refractivity contribution in [1.82, 2.24) is 5.48 Å². The minimum atomic E-state index is -0.687. The summed E-state index contributed by atoms with van der Waals surface area (Å²) in [7, 11) is 1.44. The molecule has 2 aromatic rings. The number of amides is 2. The van der Waals surface area contributed by atoms with E-state index in [1.165, 1.54) is 36.9 Å². The number of rotatable bonds is 7.